The standard InChI is InChI=1S/C19H23F4N3O2/c20-16-5-2-1-4-14(16)11-24-6-3-7-25(9-8-24)18(28)15-10-17(27)26(12-15)13-19(21,22)23/h1-2,4-5,15H,3,6-13H2. The SMILES string of the molecule is O=C1CC(C(=O)N2CCCN(Cc3ccccc3F)CC2)CN1CC(F)(F)F. The van der Waals surface area contributed by atoms with Crippen molar-refractivity contribution in [3.05, 3.63) is 35.6 Å². The van der Waals surface area contributed by atoms with Crippen LogP contribution in [-0.4, -0.2) is 72.0 Å². The molecule has 2 heterocycles. The molecule has 0 bridgehead atoms. The van der Waals surface area contributed by atoms with Crippen LogP contribution in [0.4, 0.5) is 17.6 Å². The average Bonchev–Trinajstić information content (AvgIpc) is 2.83. The summed E-state index contributed by atoms with van der Waals surface area (Å²) in [4.78, 5) is 28.9. The predicted molar refractivity (Wildman–Crippen MR) is 93.6 cm³/mol. The van der Waals surface area contributed by atoms with Gasteiger partial charge < -0.3 is 9.80 Å². The van der Waals surface area contributed by atoms with E-state index in [0.29, 0.717) is 49.6 Å². The summed E-state index contributed by atoms with van der Waals surface area (Å²) in [5, 5.41) is 0. The number of alkyl halides is 3. The number of hydrogen-bond acceptors (Lipinski definition) is 3. The van der Waals surface area contributed by atoms with Crippen molar-refractivity contribution in [2.75, 3.05) is 39.3 Å². The van der Waals surface area contributed by atoms with Crippen LogP contribution in [0.5, 0.6) is 0 Å². The number of halogens is 4. The lowest BCUT2D eigenvalue weighted by Crippen LogP contribution is -2.40. The largest absolute Gasteiger partial charge is 0.406 e. The Morgan fingerprint density at radius 1 is 1.11 bits per heavy atom. The molecule has 28 heavy (non-hydrogen) atoms. The minimum absolute atomic E-state index is 0.176. The second-order valence-corrected chi connectivity index (χ2v) is 7.34. The molecule has 2 saturated heterocycles. The second-order valence-electron chi connectivity index (χ2n) is 7.34. The smallest absolute Gasteiger partial charge is 0.341 e. The third-order valence-corrected chi connectivity index (χ3v) is 5.19. The fraction of sp³-hybridized carbons (Fsp3) is 0.579. The van der Waals surface area contributed by atoms with Gasteiger partial charge in [-0.25, -0.2) is 4.39 Å². The maximum Gasteiger partial charge on any atom is 0.406 e. The van der Waals surface area contributed by atoms with Gasteiger partial charge in [-0.15, -0.1) is 0 Å². The minimum Gasteiger partial charge on any atom is -0.341 e. The highest BCUT2D eigenvalue weighted by Crippen LogP contribution is 2.25. The van der Waals surface area contributed by atoms with E-state index in [1.807, 2.05) is 0 Å². The Labute approximate surface area is 160 Å². The highest BCUT2D eigenvalue weighted by molar-refractivity contribution is 5.89. The van der Waals surface area contributed by atoms with Crippen LogP contribution >= 0.6 is 0 Å². The molecule has 0 N–H and O–H groups in total. The van der Waals surface area contributed by atoms with Crippen LogP contribution in [0.15, 0.2) is 24.3 Å². The second kappa shape index (κ2) is 8.46. The van der Waals surface area contributed by atoms with Gasteiger partial charge in [0.2, 0.25) is 11.8 Å². The van der Waals surface area contributed by atoms with Crippen molar-refractivity contribution in [2.24, 2.45) is 5.92 Å². The Balaban J connectivity index is 1.54. The quantitative estimate of drug-likeness (QED) is 0.728. The summed E-state index contributed by atoms with van der Waals surface area (Å²) >= 11 is 0. The molecule has 0 aromatic heterocycles. The predicted octanol–water partition coefficient (Wildman–Crippen LogP) is 2.27. The first-order valence-electron chi connectivity index (χ1n) is 9.32. The number of amides is 2. The topological polar surface area (TPSA) is 43.9 Å². The van der Waals surface area contributed by atoms with E-state index in [1.54, 1.807) is 23.1 Å². The molecule has 2 fully saturated rings. The number of hydrogen-bond donors (Lipinski definition) is 0. The van der Waals surface area contributed by atoms with Gasteiger partial charge in [-0.3, -0.25) is 14.5 Å². The first-order valence-corrected chi connectivity index (χ1v) is 9.32. The molecular formula is C19H23F4N3O2. The number of carbonyl (C=O) groups is 2. The number of likely N-dealkylation sites (tertiary alicyclic amines) is 1. The molecular weight excluding hydrogens is 378 g/mol. The van der Waals surface area contributed by atoms with E-state index in [4.69, 9.17) is 0 Å². The molecule has 154 valence electrons. The molecule has 2 aliphatic heterocycles. The van der Waals surface area contributed by atoms with E-state index in [-0.39, 0.29) is 24.7 Å². The van der Waals surface area contributed by atoms with Gasteiger partial charge in [0.05, 0.1) is 5.92 Å². The molecule has 3 rings (SSSR count). The van der Waals surface area contributed by atoms with Crippen LogP contribution < -0.4 is 0 Å². The van der Waals surface area contributed by atoms with Gasteiger partial charge >= 0.3 is 6.18 Å². The molecule has 1 aromatic carbocycles. The molecule has 1 atom stereocenters. The van der Waals surface area contributed by atoms with Crippen molar-refractivity contribution in [3.63, 3.8) is 0 Å². The number of rotatable bonds is 4. The Morgan fingerprint density at radius 2 is 1.86 bits per heavy atom. The van der Waals surface area contributed by atoms with Crippen molar-refractivity contribution in [1.82, 2.24) is 14.7 Å². The minimum atomic E-state index is -4.47. The Kier molecular flexibility index (Phi) is 6.22. The van der Waals surface area contributed by atoms with Gasteiger partial charge in [-0.1, -0.05) is 18.2 Å². The van der Waals surface area contributed by atoms with Gasteiger partial charge in [0.1, 0.15) is 12.4 Å². The first kappa shape index (κ1) is 20.6. The Morgan fingerprint density at radius 3 is 2.57 bits per heavy atom. The first-order chi connectivity index (χ1) is 13.2. The van der Waals surface area contributed by atoms with Crippen molar-refractivity contribution in [2.45, 2.75) is 25.6 Å². The van der Waals surface area contributed by atoms with Gasteiger partial charge in [0.15, 0.2) is 0 Å². The molecule has 1 aromatic rings. The molecule has 0 saturated carbocycles. The van der Waals surface area contributed by atoms with E-state index in [2.05, 4.69) is 4.90 Å². The fourth-order valence-corrected chi connectivity index (χ4v) is 3.78. The van der Waals surface area contributed by atoms with E-state index >= 15 is 0 Å². The molecule has 1 unspecified atom stereocenters. The zero-order chi connectivity index (χ0) is 20.3. The molecule has 2 amide bonds. The van der Waals surface area contributed by atoms with E-state index in [1.165, 1.54) is 6.07 Å². The van der Waals surface area contributed by atoms with Crippen molar-refractivity contribution >= 4 is 11.8 Å². The van der Waals surface area contributed by atoms with Crippen LogP contribution in [0.3, 0.4) is 0 Å². The monoisotopic (exact) mass is 401 g/mol. The van der Waals surface area contributed by atoms with Crippen LogP contribution in [0, 0.1) is 11.7 Å². The Bertz CT molecular complexity index is 725. The lowest BCUT2D eigenvalue weighted by Gasteiger charge is -2.25. The number of carbonyl (C=O) groups excluding carboxylic acids is 2. The van der Waals surface area contributed by atoms with E-state index in [0.717, 1.165) is 0 Å². The summed E-state index contributed by atoms with van der Waals surface area (Å²) in [6.07, 6.45) is -3.96. The summed E-state index contributed by atoms with van der Waals surface area (Å²) < 4.78 is 51.5. The summed E-state index contributed by atoms with van der Waals surface area (Å²) in [6.45, 7) is 1.08. The molecule has 9 heteroatoms. The van der Waals surface area contributed by atoms with E-state index < -0.39 is 24.5 Å². The maximum absolute atomic E-state index is 13.8. The molecule has 0 aliphatic carbocycles. The molecule has 5 nitrogen and oxygen atoms in total. The fourth-order valence-electron chi connectivity index (χ4n) is 3.78. The highest BCUT2D eigenvalue weighted by Gasteiger charge is 2.41. The number of benzene rings is 1. The third-order valence-electron chi connectivity index (χ3n) is 5.19. The van der Waals surface area contributed by atoms with Crippen LogP contribution in [-0.2, 0) is 16.1 Å². The molecule has 0 spiro atoms. The van der Waals surface area contributed by atoms with Crippen molar-refractivity contribution < 1.29 is 27.2 Å². The van der Waals surface area contributed by atoms with Crippen molar-refractivity contribution in [3.8, 4) is 0 Å². The summed E-state index contributed by atoms with van der Waals surface area (Å²) in [6, 6.07) is 6.54. The van der Waals surface area contributed by atoms with Crippen molar-refractivity contribution in [1.29, 1.82) is 0 Å². The lowest BCUT2D eigenvalue weighted by atomic mass is 10.1. The summed E-state index contributed by atoms with van der Waals surface area (Å²) in [7, 11) is 0. The van der Waals surface area contributed by atoms with Gasteiger partial charge in [-0.2, -0.15) is 13.2 Å². The van der Waals surface area contributed by atoms with Gasteiger partial charge in [-0.05, 0) is 12.5 Å². The van der Waals surface area contributed by atoms with Gasteiger partial charge in [0, 0.05) is 51.3 Å². The third kappa shape index (κ3) is 5.21. The lowest BCUT2D eigenvalue weighted by molar-refractivity contribution is -0.157. The zero-order valence-electron chi connectivity index (χ0n) is 15.4. The zero-order valence-corrected chi connectivity index (χ0v) is 15.4. The van der Waals surface area contributed by atoms with Gasteiger partial charge in [0.25, 0.3) is 0 Å². The van der Waals surface area contributed by atoms with Crippen LogP contribution in [0.2, 0.25) is 0 Å². The van der Waals surface area contributed by atoms with Crippen LogP contribution in [0.25, 0.3) is 0 Å². The molecule has 2 aliphatic rings. The molecule has 0 radical (unpaired) electrons. The van der Waals surface area contributed by atoms with Crippen LogP contribution in [0.1, 0.15) is 18.4 Å². The average molecular weight is 401 g/mol. The maximum atomic E-state index is 13.8. The Hall–Kier alpha value is -2.16. The highest BCUT2D eigenvalue weighted by atomic mass is 19.4. The number of nitrogens with zero attached hydrogens (tertiary/aromatic N) is 3. The summed E-state index contributed by atoms with van der Waals surface area (Å²) in [5.41, 5.74) is 0.589. The normalized spacial score (nSPS) is 21.9. The van der Waals surface area contributed by atoms with E-state index in [9.17, 15) is 27.2 Å². The summed E-state index contributed by atoms with van der Waals surface area (Å²) in [5.74, 6) is -1.90.